The van der Waals surface area contributed by atoms with Crippen LogP contribution in [0.3, 0.4) is 0 Å². The molecule has 2 fully saturated rings. The van der Waals surface area contributed by atoms with Crippen LogP contribution in [0.2, 0.25) is 0 Å². The lowest BCUT2D eigenvalue weighted by atomic mass is 9.80. The van der Waals surface area contributed by atoms with Gasteiger partial charge in [-0.2, -0.15) is 4.98 Å². The van der Waals surface area contributed by atoms with Gasteiger partial charge < -0.3 is 15.0 Å². The van der Waals surface area contributed by atoms with Crippen molar-refractivity contribution >= 4 is 0 Å². The van der Waals surface area contributed by atoms with Crippen molar-refractivity contribution in [2.75, 3.05) is 6.61 Å². The van der Waals surface area contributed by atoms with Gasteiger partial charge in [0, 0.05) is 25.0 Å². The first-order valence-electron chi connectivity index (χ1n) is 7.45. The number of nitrogens with two attached hydrogens (primary N) is 1. The molecule has 5 heteroatoms. The van der Waals surface area contributed by atoms with E-state index in [1.165, 1.54) is 19.3 Å². The molecule has 1 aromatic rings. The van der Waals surface area contributed by atoms with Crippen LogP contribution < -0.4 is 5.73 Å². The number of rotatable bonds is 4. The second-order valence-electron chi connectivity index (χ2n) is 6.04. The summed E-state index contributed by atoms with van der Waals surface area (Å²) in [6.07, 6.45) is 9.85. The third-order valence-corrected chi connectivity index (χ3v) is 4.30. The summed E-state index contributed by atoms with van der Waals surface area (Å²) >= 11 is 0. The van der Waals surface area contributed by atoms with Crippen LogP contribution in [0.25, 0.3) is 0 Å². The molecule has 1 aliphatic carbocycles. The second-order valence-corrected chi connectivity index (χ2v) is 6.04. The predicted octanol–water partition coefficient (Wildman–Crippen LogP) is 2.00. The van der Waals surface area contributed by atoms with Gasteiger partial charge in [-0.3, -0.25) is 0 Å². The van der Waals surface area contributed by atoms with E-state index >= 15 is 0 Å². The molecule has 0 bridgehead atoms. The van der Waals surface area contributed by atoms with E-state index in [9.17, 15) is 0 Å². The van der Waals surface area contributed by atoms with Gasteiger partial charge in [0.15, 0.2) is 5.82 Å². The molecule has 1 aliphatic heterocycles. The number of aromatic nitrogens is 2. The molecule has 2 N–H and O–H groups in total. The van der Waals surface area contributed by atoms with E-state index in [0.717, 1.165) is 44.5 Å². The highest BCUT2D eigenvalue weighted by atomic mass is 16.5. The average molecular weight is 265 g/mol. The monoisotopic (exact) mass is 265 g/mol. The Labute approximate surface area is 113 Å². The molecule has 1 aromatic heterocycles. The van der Waals surface area contributed by atoms with Crippen molar-refractivity contribution in [1.29, 1.82) is 0 Å². The fraction of sp³-hybridized carbons (Fsp3) is 0.857. The maximum Gasteiger partial charge on any atom is 0.228 e. The van der Waals surface area contributed by atoms with Gasteiger partial charge >= 0.3 is 0 Å². The van der Waals surface area contributed by atoms with Crippen molar-refractivity contribution in [3.05, 3.63) is 11.7 Å². The highest BCUT2D eigenvalue weighted by Gasteiger charge is 2.30. The minimum Gasteiger partial charge on any atom is -0.378 e. The lowest BCUT2D eigenvalue weighted by molar-refractivity contribution is 0.109. The summed E-state index contributed by atoms with van der Waals surface area (Å²) in [4.78, 5) is 4.48. The van der Waals surface area contributed by atoms with E-state index in [-0.39, 0.29) is 11.6 Å². The molecule has 0 amide bonds. The number of hydrogen-bond acceptors (Lipinski definition) is 5. The zero-order valence-electron chi connectivity index (χ0n) is 11.4. The van der Waals surface area contributed by atoms with E-state index in [1.54, 1.807) is 0 Å². The Kier molecular flexibility index (Phi) is 3.84. The van der Waals surface area contributed by atoms with Gasteiger partial charge in [0.05, 0.1) is 6.10 Å². The van der Waals surface area contributed by atoms with Crippen LogP contribution >= 0.6 is 0 Å². The zero-order chi connectivity index (χ0) is 13.1. The van der Waals surface area contributed by atoms with Gasteiger partial charge in [-0.25, -0.2) is 0 Å². The molecule has 0 spiro atoms. The van der Waals surface area contributed by atoms with Crippen molar-refractivity contribution in [3.8, 4) is 0 Å². The third-order valence-electron chi connectivity index (χ3n) is 4.30. The molecule has 2 aliphatic rings. The third kappa shape index (κ3) is 3.34. The Morgan fingerprint density at radius 3 is 2.79 bits per heavy atom. The van der Waals surface area contributed by atoms with Gasteiger partial charge in [0.2, 0.25) is 5.89 Å². The summed E-state index contributed by atoms with van der Waals surface area (Å²) in [5.74, 6) is 1.46. The van der Waals surface area contributed by atoms with E-state index < -0.39 is 0 Å². The van der Waals surface area contributed by atoms with Gasteiger partial charge in [0.1, 0.15) is 0 Å². The Morgan fingerprint density at radius 1 is 1.21 bits per heavy atom. The second kappa shape index (κ2) is 5.59. The molecule has 1 unspecified atom stereocenters. The summed E-state index contributed by atoms with van der Waals surface area (Å²) < 4.78 is 10.9. The predicted molar refractivity (Wildman–Crippen MR) is 70.7 cm³/mol. The van der Waals surface area contributed by atoms with Crippen molar-refractivity contribution in [2.45, 2.75) is 69.4 Å². The summed E-state index contributed by atoms with van der Waals surface area (Å²) in [6.45, 7) is 0.862. The average Bonchev–Trinajstić information content (AvgIpc) is 3.03. The minimum atomic E-state index is -0.133. The first kappa shape index (κ1) is 13.1. The maximum absolute atomic E-state index is 6.41. The lowest BCUT2D eigenvalue weighted by Crippen LogP contribution is -2.43. The molecule has 1 atom stereocenters. The van der Waals surface area contributed by atoms with Crippen LogP contribution in [0.4, 0.5) is 0 Å². The Morgan fingerprint density at radius 2 is 2.05 bits per heavy atom. The molecule has 1 saturated carbocycles. The van der Waals surface area contributed by atoms with Crippen molar-refractivity contribution in [3.63, 3.8) is 0 Å². The Hall–Kier alpha value is -0.940. The molecular weight excluding hydrogens is 242 g/mol. The number of ether oxygens (including phenoxy) is 1. The Balaban J connectivity index is 1.57. The maximum atomic E-state index is 6.41. The molecule has 0 radical (unpaired) electrons. The first-order chi connectivity index (χ1) is 9.23. The van der Waals surface area contributed by atoms with Crippen molar-refractivity contribution < 1.29 is 9.26 Å². The lowest BCUT2D eigenvalue weighted by Gasteiger charge is -2.31. The largest absolute Gasteiger partial charge is 0.378 e. The summed E-state index contributed by atoms with van der Waals surface area (Å²) in [6, 6.07) is 0. The van der Waals surface area contributed by atoms with Gasteiger partial charge in [-0.1, -0.05) is 24.4 Å². The van der Waals surface area contributed by atoms with E-state index in [2.05, 4.69) is 10.1 Å². The van der Waals surface area contributed by atoms with Crippen LogP contribution in [0, 0.1) is 0 Å². The standard InChI is InChI=1S/C14H23N3O2/c15-14(6-2-1-3-7-14)10-13-16-12(17-19-13)9-11-5-4-8-18-11/h11H,1-10,15H2. The van der Waals surface area contributed by atoms with Gasteiger partial charge in [-0.15, -0.1) is 0 Å². The smallest absolute Gasteiger partial charge is 0.228 e. The quantitative estimate of drug-likeness (QED) is 0.901. The van der Waals surface area contributed by atoms with Crippen LogP contribution in [0.1, 0.15) is 56.7 Å². The van der Waals surface area contributed by atoms with E-state index in [0.29, 0.717) is 12.3 Å². The first-order valence-corrected chi connectivity index (χ1v) is 7.45. The van der Waals surface area contributed by atoms with Crippen LogP contribution in [0.15, 0.2) is 4.52 Å². The number of nitrogens with zero attached hydrogens (tertiary/aromatic N) is 2. The van der Waals surface area contributed by atoms with Crippen LogP contribution in [-0.4, -0.2) is 28.4 Å². The summed E-state index contributed by atoms with van der Waals surface area (Å²) in [5, 5.41) is 4.05. The van der Waals surface area contributed by atoms with Crippen molar-refractivity contribution in [1.82, 2.24) is 10.1 Å². The molecule has 5 nitrogen and oxygen atoms in total. The Bertz CT molecular complexity index is 407. The fourth-order valence-corrected chi connectivity index (χ4v) is 3.19. The molecule has 2 heterocycles. The van der Waals surface area contributed by atoms with Gasteiger partial charge in [0.25, 0.3) is 0 Å². The topological polar surface area (TPSA) is 74.2 Å². The molecule has 106 valence electrons. The van der Waals surface area contributed by atoms with Gasteiger partial charge in [-0.05, 0) is 25.7 Å². The molecular formula is C14H23N3O2. The van der Waals surface area contributed by atoms with Crippen LogP contribution in [-0.2, 0) is 17.6 Å². The molecule has 1 saturated heterocycles. The molecule has 0 aromatic carbocycles. The van der Waals surface area contributed by atoms with E-state index in [1.807, 2.05) is 0 Å². The summed E-state index contributed by atoms with van der Waals surface area (Å²) in [7, 11) is 0. The highest BCUT2D eigenvalue weighted by Crippen LogP contribution is 2.28. The SMILES string of the molecule is NC1(Cc2nc(CC3CCCO3)no2)CCCCC1. The van der Waals surface area contributed by atoms with E-state index in [4.69, 9.17) is 15.0 Å². The fourth-order valence-electron chi connectivity index (χ4n) is 3.19. The molecule has 3 rings (SSSR count). The number of hydrogen-bond donors (Lipinski definition) is 1. The molecule has 19 heavy (non-hydrogen) atoms. The normalized spacial score (nSPS) is 26.7. The van der Waals surface area contributed by atoms with Crippen molar-refractivity contribution in [2.24, 2.45) is 5.73 Å². The highest BCUT2D eigenvalue weighted by molar-refractivity contribution is 4.98. The van der Waals surface area contributed by atoms with Crippen LogP contribution in [0.5, 0.6) is 0 Å². The zero-order valence-corrected chi connectivity index (χ0v) is 11.4. The minimum absolute atomic E-state index is 0.133. The summed E-state index contributed by atoms with van der Waals surface area (Å²) in [5.41, 5.74) is 6.28.